The van der Waals surface area contributed by atoms with Crippen LogP contribution in [-0.2, 0) is 11.2 Å². The van der Waals surface area contributed by atoms with Crippen LogP contribution in [0.1, 0.15) is 30.1 Å². The summed E-state index contributed by atoms with van der Waals surface area (Å²) in [6.07, 6.45) is 5.10. The van der Waals surface area contributed by atoms with E-state index >= 15 is 0 Å². The highest BCUT2D eigenvalue weighted by Crippen LogP contribution is 2.37. The van der Waals surface area contributed by atoms with Crippen molar-refractivity contribution in [2.24, 2.45) is 5.92 Å². The van der Waals surface area contributed by atoms with E-state index in [0.29, 0.717) is 19.3 Å². The molecule has 0 aliphatic heterocycles. The number of aromatic amines is 1. The lowest BCUT2D eigenvalue weighted by atomic mass is 9.76. The maximum absolute atomic E-state index is 12.6. The lowest BCUT2D eigenvalue weighted by molar-refractivity contribution is -0.122. The summed E-state index contributed by atoms with van der Waals surface area (Å²) in [5.41, 5.74) is 2.88. The van der Waals surface area contributed by atoms with Crippen LogP contribution in [0.5, 0.6) is 0 Å². The van der Waals surface area contributed by atoms with Gasteiger partial charge >= 0.3 is 0 Å². The molecule has 2 heterocycles. The third-order valence-corrected chi connectivity index (χ3v) is 4.97. The second-order valence-electron chi connectivity index (χ2n) is 6.72. The molecule has 1 amide bonds. The molecular formula is C20H21N3O2. The number of aliphatic hydroxyl groups excluding tert-OH is 1. The van der Waals surface area contributed by atoms with Crippen LogP contribution in [0.4, 0.5) is 0 Å². The second kappa shape index (κ2) is 6.69. The molecule has 3 aromatic rings. The Bertz CT molecular complexity index is 869. The van der Waals surface area contributed by atoms with E-state index in [-0.39, 0.29) is 24.0 Å². The highest BCUT2D eigenvalue weighted by molar-refractivity contribution is 5.89. The van der Waals surface area contributed by atoms with Crippen molar-refractivity contribution in [3.63, 3.8) is 0 Å². The fraction of sp³-hybridized carbons (Fsp3) is 0.300. The molecular weight excluding hydrogens is 314 g/mol. The van der Waals surface area contributed by atoms with E-state index < -0.39 is 0 Å². The average Bonchev–Trinajstić information content (AvgIpc) is 3.01. The first-order valence-corrected chi connectivity index (χ1v) is 8.64. The fourth-order valence-corrected chi connectivity index (χ4v) is 3.57. The summed E-state index contributed by atoms with van der Waals surface area (Å²) < 4.78 is 0. The third kappa shape index (κ3) is 3.28. The van der Waals surface area contributed by atoms with Gasteiger partial charge in [-0.25, -0.2) is 0 Å². The van der Waals surface area contributed by atoms with Crippen LogP contribution in [0.3, 0.4) is 0 Å². The predicted octanol–water partition coefficient (Wildman–Crippen LogP) is 2.73. The van der Waals surface area contributed by atoms with Gasteiger partial charge in [0.2, 0.25) is 5.91 Å². The van der Waals surface area contributed by atoms with Gasteiger partial charge in [0, 0.05) is 23.3 Å². The summed E-state index contributed by atoms with van der Waals surface area (Å²) >= 11 is 0. The molecule has 128 valence electrons. The van der Waals surface area contributed by atoms with E-state index in [1.165, 1.54) is 0 Å². The molecule has 0 radical (unpaired) electrons. The number of nitrogens with zero attached hydrogens (tertiary/aromatic N) is 1. The summed E-state index contributed by atoms with van der Waals surface area (Å²) in [4.78, 5) is 20.3. The lowest BCUT2D eigenvalue weighted by Gasteiger charge is -2.37. The van der Waals surface area contributed by atoms with E-state index in [1.54, 1.807) is 6.20 Å². The Balaban J connectivity index is 1.50. The quantitative estimate of drug-likeness (QED) is 0.671. The van der Waals surface area contributed by atoms with E-state index in [0.717, 1.165) is 22.2 Å². The first-order chi connectivity index (χ1) is 12.2. The van der Waals surface area contributed by atoms with Crippen LogP contribution in [0.15, 0.2) is 54.9 Å². The topological polar surface area (TPSA) is 78.0 Å². The average molecular weight is 335 g/mol. The number of para-hydroxylation sites is 1. The molecule has 3 N–H and O–H groups in total. The Kier molecular flexibility index (Phi) is 4.24. The molecule has 5 heteroatoms. The van der Waals surface area contributed by atoms with E-state index in [9.17, 15) is 9.90 Å². The lowest BCUT2D eigenvalue weighted by Crippen LogP contribution is -2.42. The van der Waals surface area contributed by atoms with Gasteiger partial charge in [-0.1, -0.05) is 24.3 Å². The normalized spacial score (nSPS) is 20.8. The van der Waals surface area contributed by atoms with E-state index in [2.05, 4.69) is 15.3 Å². The predicted molar refractivity (Wildman–Crippen MR) is 95.9 cm³/mol. The van der Waals surface area contributed by atoms with Gasteiger partial charge in [-0.15, -0.1) is 0 Å². The zero-order valence-corrected chi connectivity index (χ0v) is 13.9. The molecule has 1 fully saturated rings. The molecule has 0 spiro atoms. The van der Waals surface area contributed by atoms with Gasteiger partial charge in [0.05, 0.1) is 24.3 Å². The zero-order valence-electron chi connectivity index (χ0n) is 13.9. The Labute approximate surface area is 146 Å². The highest BCUT2D eigenvalue weighted by Gasteiger charge is 2.36. The van der Waals surface area contributed by atoms with Crippen molar-refractivity contribution in [3.8, 4) is 0 Å². The monoisotopic (exact) mass is 335 g/mol. The molecule has 1 aliphatic carbocycles. The first kappa shape index (κ1) is 15.8. The highest BCUT2D eigenvalue weighted by atomic mass is 16.3. The number of nitrogens with one attached hydrogen (secondary N) is 2. The Hall–Kier alpha value is -2.66. The van der Waals surface area contributed by atoms with Gasteiger partial charge in [0.25, 0.3) is 0 Å². The number of benzene rings is 1. The molecule has 1 saturated carbocycles. The number of pyridine rings is 1. The molecule has 5 nitrogen and oxygen atoms in total. The molecule has 4 rings (SSSR count). The van der Waals surface area contributed by atoms with Crippen LogP contribution in [0.2, 0.25) is 0 Å². The molecule has 1 atom stereocenters. The second-order valence-corrected chi connectivity index (χ2v) is 6.72. The number of hydrogen-bond acceptors (Lipinski definition) is 3. The van der Waals surface area contributed by atoms with Crippen LogP contribution >= 0.6 is 0 Å². The molecule has 1 aliphatic rings. The standard InChI is InChI=1S/C20H21N3O2/c24-15-9-13(10-15)20(18-7-3-4-8-21-18)23-19(25)11-14-12-22-17-6-2-1-5-16(14)17/h1-8,12-13,15,20,22,24H,9-11H2,(H,23,25)/t13?,15?,20-/m0/s1. The number of fused-ring (bicyclic) bond motifs is 1. The van der Waals surface area contributed by atoms with Crippen molar-refractivity contribution in [2.75, 3.05) is 0 Å². The van der Waals surface area contributed by atoms with Crippen molar-refractivity contribution in [1.29, 1.82) is 0 Å². The van der Waals surface area contributed by atoms with Crippen molar-refractivity contribution >= 4 is 16.8 Å². The zero-order chi connectivity index (χ0) is 17.2. The minimum absolute atomic E-state index is 0.0261. The Morgan fingerprint density at radius 3 is 2.80 bits per heavy atom. The van der Waals surface area contributed by atoms with Crippen molar-refractivity contribution in [1.82, 2.24) is 15.3 Å². The van der Waals surface area contributed by atoms with Crippen LogP contribution in [0, 0.1) is 5.92 Å². The summed E-state index contributed by atoms with van der Waals surface area (Å²) in [5, 5.41) is 13.8. The number of aliphatic hydroxyl groups is 1. The van der Waals surface area contributed by atoms with Crippen LogP contribution in [-0.4, -0.2) is 27.1 Å². The summed E-state index contributed by atoms with van der Waals surface area (Å²) in [6, 6.07) is 13.5. The van der Waals surface area contributed by atoms with Crippen LogP contribution in [0.25, 0.3) is 10.9 Å². The SMILES string of the molecule is O=C(Cc1c[nH]c2ccccc12)N[C@H](c1ccccn1)C1CC(O)C1. The van der Waals surface area contributed by atoms with Crippen molar-refractivity contribution < 1.29 is 9.90 Å². The molecule has 0 unspecified atom stereocenters. The molecule has 0 bridgehead atoms. The number of amides is 1. The molecule has 25 heavy (non-hydrogen) atoms. The van der Waals surface area contributed by atoms with Gasteiger partial charge in [0.1, 0.15) is 0 Å². The number of rotatable bonds is 5. The number of H-pyrrole nitrogens is 1. The minimum atomic E-state index is -0.262. The Morgan fingerprint density at radius 2 is 2.04 bits per heavy atom. The number of aromatic nitrogens is 2. The van der Waals surface area contributed by atoms with Crippen molar-refractivity contribution in [2.45, 2.75) is 31.4 Å². The van der Waals surface area contributed by atoms with Crippen molar-refractivity contribution in [3.05, 3.63) is 66.1 Å². The van der Waals surface area contributed by atoms with Gasteiger partial charge in [0.15, 0.2) is 0 Å². The van der Waals surface area contributed by atoms with Gasteiger partial charge in [-0.05, 0) is 42.5 Å². The smallest absolute Gasteiger partial charge is 0.225 e. The minimum Gasteiger partial charge on any atom is -0.393 e. The fourth-order valence-electron chi connectivity index (χ4n) is 3.57. The number of carbonyl (C=O) groups is 1. The van der Waals surface area contributed by atoms with Crippen LogP contribution < -0.4 is 5.32 Å². The molecule has 2 aromatic heterocycles. The Morgan fingerprint density at radius 1 is 1.24 bits per heavy atom. The maximum atomic E-state index is 12.6. The largest absolute Gasteiger partial charge is 0.393 e. The third-order valence-electron chi connectivity index (χ3n) is 4.97. The molecule has 1 aromatic carbocycles. The summed E-state index contributed by atoms with van der Waals surface area (Å²) in [5.74, 6) is 0.207. The summed E-state index contributed by atoms with van der Waals surface area (Å²) in [7, 11) is 0. The number of carbonyl (C=O) groups excluding carboxylic acids is 1. The molecule has 0 saturated heterocycles. The first-order valence-electron chi connectivity index (χ1n) is 8.64. The van der Waals surface area contributed by atoms with Gasteiger partial charge in [-0.2, -0.15) is 0 Å². The number of hydrogen-bond donors (Lipinski definition) is 3. The summed E-state index contributed by atoms with van der Waals surface area (Å²) in [6.45, 7) is 0. The van der Waals surface area contributed by atoms with Gasteiger partial charge in [-0.3, -0.25) is 9.78 Å². The van der Waals surface area contributed by atoms with E-state index in [4.69, 9.17) is 0 Å². The van der Waals surface area contributed by atoms with Gasteiger partial charge < -0.3 is 15.4 Å². The maximum Gasteiger partial charge on any atom is 0.225 e. The van der Waals surface area contributed by atoms with E-state index in [1.807, 2.05) is 48.7 Å².